The number of benzene rings is 1. The summed E-state index contributed by atoms with van der Waals surface area (Å²) in [6, 6.07) is 11.4. The van der Waals surface area contributed by atoms with E-state index in [0.717, 1.165) is 26.1 Å². The van der Waals surface area contributed by atoms with Crippen LogP contribution in [0.5, 0.6) is 0 Å². The van der Waals surface area contributed by atoms with Gasteiger partial charge in [0.05, 0.1) is 0 Å². The van der Waals surface area contributed by atoms with Crippen LogP contribution in [0.15, 0.2) is 30.3 Å². The summed E-state index contributed by atoms with van der Waals surface area (Å²) in [4.78, 5) is 2.52. The molecule has 0 saturated carbocycles. The first-order valence-corrected chi connectivity index (χ1v) is 6.58. The van der Waals surface area contributed by atoms with Crippen molar-refractivity contribution in [3.63, 3.8) is 0 Å². The fraction of sp³-hybridized carbons (Fsp3) is 0.571. The van der Waals surface area contributed by atoms with Crippen molar-refractivity contribution < 1.29 is 0 Å². The van der Waals surface area contributed by atoms with Crippen molar-refractivity contribution in [2.24, 2.45) is 5.73 Å². The van der Waals surface area contributed by atoms with Crippen molar-refractivity contribution in [1.82, 2.24) is 10.2 Å². The molecule has 17 heavy (non-hydrogen) atoms. The summed E-state index contributed by atoms with van der Waals surface area (Å²) in [5, 5.41) is 3.58. The lowest BCUT2D eigenvalue weighted by molar-refractivity contribution is 0.320. The van der Waals surface area contributed by atoms with Gasteiger partial charge in [0, 0.05) is 25.7 Å². The van der Waals surface area contributed by atoms with Gasteiger partial charge in [-0.15, -0.1) is 0 Å². The van der Waals surface area contributed by atoms with Crippen LogP contribution in [-0.2, 0) is 6.54 Å². The minimum atomic E-state index is 0.658. The summed E-state index contributed by atoms with van der Waals surface area (Å²) < 4.78 is 0. The van der Waals surface area contributed by atoms with Gasteiger partial charge >= 0.3 is 0 Å². The summed E-state index contributed by atoms with van der Waals surface area (Å²) in [6.07, 6.45) is 2.34. The number of nitrogens with zero attached hydrogens (tertiary/aromatic N) is 1. The highest BCUT2D eigenvalue weighted by Crippen LogP contribution is 2.13. The predicted molar refractivity (Wildman–Crippen MR) is 71.8 cm³/mol. The molecule has 0 amide bonds. The Bertz CT molecular complexity index is 313. The molecule has 1 unspecified atom stereocenters. The molecule has 1 saturated heterocycles. The van der Waals surface area contributed by atoms with Crippen molar-refractivity contribution in [2.45, 2.75) is 25.4 Å². The number of nitrogens with one attached hydrogen (secondary N) is 1. The van der Waals surface area contributed by atoms with E-state index in [1.54, 1.807) is 0 Å². The smallest absolute Gasteiger partial charge is 0.0234 e. The third-order valence-corrected chi connectivity index (χ3v) is 3.34. The molecular formula is C14H23N3. The number of nitrogens with two attached hydrogens (primary N) is 1. The Hall–Kier alpha value is -0.900. The van der Waals surface area contributed by atoms with E-state index in [2.05, 4.69) is 40.5 Å². The van der Waals surface area contributed by atoms with Crippen molar-refractivity contribution in [3.05, 3.63) is 35.9 Å². The topological polar surface area (TPSA) is 41.3 Å². The van der Waals surface area contributed by atoms with Gasteiger partial charge in [0.2, 0.25) is 0 Å². The lowest BCUT2D eigenvalue weighted by atomic mass is 10.2. The van der Waals surface area contributed by atoms with Gasteiger partial charge in [0.25, 0.3) is 0 Å². The Kier molecular flexibility index (Phi) is 4.98. The van der Waals surface area contributed by atoms with Crippen molar-refractivity contribution in [1.29, 1.82) is 0 Å². The molecule has 0 aliphatic carbocycles. The highest BCUT2D eigenvalue weighted by Gasteiger charge is 2.21. The molecule has 0 radical (unpaired) electrons. The van der Waals surface area contributed by atoms with E-state index in [4.69, 9.17) is 5.73 Å². The first kappa shape index (κ1) is 12.6. The zero-order chi connectivity index (χ0) is 11.9. The van der Waals surface area contributed by atoms with Crippen molar-refractivity contribution in [3.8, 4) is 0 Å². The average Bonchev–Trinajstić information content (AvgIpc) is 2.79. The normalized spacial score (nSPS) is 20.9. The van der Waals surface area contributed by atoms with E-state index in [9.17, 15) is 0 Å². The zero-order valence-corrected chi connectivity index (χ0v) is 10.4. The van der Waals surface area contributed by atoms with E-state index in [1.165, 1.54) is 25.1 Å². The first-order valence-electron chi connectivity index (χ1n) is 6.58. The van der Waals surface area contributed by atoms with Crippen LogP contribution in [0.4, 0.5) is 0 Å². The molecule has 3 N–H and O–H groups in total. The summed E-state index contributed by atoms with van der Waals surface area (Å²) in [7, 11) is 0. The number of likely N-dealkylation sites (tertiary alicyclic amines) is 1. The van der Waals surface area contributed by atoms with Gasteiger partial charge in [-0.1, -0.05) is 30.3 Å². The fourth-order valence-corrected chi connectivity index (χ4v) is 2.39. The van der Waals surface area contributed by atoms with Gasteiger partial charge < -0.3 is 11.1 Å². The molecule has 1 aliphatic heterocycles. The Balaban J connectivity index is 1.71. The van der Waals surface area contributed by atoms with Gasteiger partial charge in [-0.05, 0) is 31.5 Å². The Labute approximate surface area is 104 Å². The molecule has 1 heterocycles. The SMILES string of the molecule is NCCCNC1CCN(Cc2ccccc2)C1. The monoisotopic (exact) mass is 233 g/mol. The van der Waals surface area contributed by atoms with Gasteiger partial charge in [-0.25, -0.2) is 0 Å². The number of hydrogen-bond donors (Lipinski definition) is 2. The van der Waals surface area contributed by atoms with Crippen LogP contribution in [0.1, 0.15) is 18.4 Å². The van der Waals surface area contributed by atoms with Crippen molar-refractivity contribution >= 4 is 0 Å². The first-order chi connectivity index (χ1) is 8.38. The molecule has 0 bridgehead atoms. The molecule has 1 aliphatic rings. The molecule has 2 rings (SSSR count). The second-order valence-electron chi connectivity index (χ2n) is 4.80. The summed E-state index contributed by atoms with van der Waals surface area (Å²) in [6.45, 7) is 5.29. The molecule has 3 nitrogen and oxygen atoms in total. The molecule has 1 aromatic rings. The quantitative estimate of drug-likeness (QED) is 0.725. The molecule has 1 aromatic carbocycles. The Morgan fingerprint density at radius 1 is 1.29 bits per heavy atom. The summed E-state index contributed by atoms with van der Waals surface area (Å²) in [5.74, 6) is 0. The molecule has 3 heteroatoms. The second kappa shape index (κ2) is 6.74. The molecular weight excluding hydrogens is 210 g/mol. The Morgan fingerprint density at radius 2 is 2.12 bits per heavy atom. The van der Waals surface area contributed by atoms with Gasteiger partial charge in [0.15, 0.2) is 0 Å². The summed E-state index contributed by atoms with van der Waals surface area (Å²) in [5.41, 5.74) is 6.90. The minimum absolute atomic E-state index is 0.658. The molecule has 94 valence electrons. The van der Waals surface area contributed by atoms with E-state index in [0.29, 0.717) is 6.04 Å². The number of hydrogen-bond acceptors (Lipinski definition) is 3. The molecule has 0 aromatic heterocycles. The lowest BCUT2D eigenvalue weighted by Gasteiger charge is -2.16. The third-order valence-electron chi connectivity index (χ3n) is 3.34. The van der Waals surface area contributed by atoms with Crippen LogP contribution in [0.2, 0.25) is 0 Å². The van der Waals surface area contributed by atoms with Crippen LogP contribution in [0.3, 0.4) is 0 Å². The minimum Gasteiger partial charge on any atom is -0.330 e. The lowest BCUT2D eigenvalue weighted by Crippen LogP contribution is -2.33. The molecule has 1 atom stereocenters. The summed E-state index contributed by atoms with van der Waals surface area (Å²) >= 11 is 0. The van der Waals surface area contributed by atoms with Crippen molar-refractivity contribution in [2.75, 3.05) is 26.2 Å². The molecule has 1 fully saturated rings. The maximum atomic E-state index is 5.49. The van der Waals surface area contributed by atoms with Crippen LogP contribution in [0.25, 0.3) is 0 Å². The maximum absolute atomic E-state index is 5.49. The highest BCUT2D eigenvalue weighted by atomic mass is 15.2. The fourth-order valence-electron chi connectivity index (χ4n) is 2.39. The third kappa shape index (κ3) is 4.11. The van der Waals surface area contributed by atoms with E-state index >= 15 is 0 Å². The van der Waals surface area contributed by atoms with E-state index in [1.807, 2.05) is 0 Å². The average molecular weight is 233 g/mol. The Morgan fingerprint density at radius 3 is 2.88 bits per heavy atom. The zero-order valence-electron chi connectivity index (χ0n) is 10.4. The van der Waals surface area contributed by atoms with Crippen LogP contribution >= 0.6 is 0 Å². The maximum Gasteiger partial charge on any atom is 0.0234 e. The number of rotatable bonds is 6. The van der Waals surface area contributed by atoms with E-state index < -0.39 is 0 Å². The van der Waals surface area contributed by atoms with Gasteiger partial charge in [-0.2, -0.15) is 0 Å². The van der Waals surface area contributed by atoms with Gasteiger partial charge in [-0.3, -0.25) is 4.90 Å². The second-order valence-corrected chi connectivity index (χ2v) is 4.80. The molecule has 0 spiro atoms. The largest absolute Gasteiger partial charge is 0.330 e. The van der Waals surface area contributed by atoms with Gasteiger partial charge in [0.1, 0.15) is 0 Å². The van der Waals surface area contributed by atoms with Crippen LogP contribution < -0.4 is 11.1 Å². The van der Waals surface area contributed by atoms with E-state index in [-0.39, 0.29) is 0 Å². The van der Waals surface area contributed by atoms with Crippen LogP contribution in [0, 0.1) is 0 Å². The standard InChI is InChI=1S/C14H23N3/c15-8-4-9-16-14-7-10-17(12-14)11-13-5-2-1-3-6-13/h1-3,5-6,14,16H,4,7-12,15H2. The highest BCUT2D eigenvalue weighted by molar-refractivity contribution is 5.14. The predicted octanol–water partition coefficient (Wildman–Crippen LogP) is 1.20. The van der Waals surface area contributed by atoms with Crippen LogP contribution in [-0.4, -0.2) is 37.1 Å².